The second-order valence-corrected chi connectivity index (χ2v) is 12.8. The van der Waals surface area contributed by atoms with E-state index in [0.717, 1.165) is 28.1 Å². The van der Waals surface area contributed by atoms with Gasteiger partial charge < -0.3 is 15.2 Å². The standard InChI is InChI=1S/C15H21NO4S.C15H23NO2S/c1-5-12(15(17)20-6-2)11-7-8-13(16(18)19)14(9-11)21-10(3)4;1-5-12(15(17)18-6-2)11-7-8-13(16)14(9-11)19-10(3)4/h7-10,12H,5-6H2,1-4H3;7-10,12H,5-6,16H2,1-4H3. The third kappa shape index (κ3) is 11.0. The summed E-state index contributed by atoms with van der Waals surface area (Å²) in [5.74, 6) is -1.02. The zero-order chi connectivity index (χ0) is 30.4. The van der Waals surface area contributed by atoms with Gasteiger partial charge in [0.2, 0.25) is 0 Å². The van der Waals surface area contributed by atoms with E-state index in [1.54, 1.807) is 30.8 Å². The molecule has 0 radical (unpaired) electrons. The summed E-state index contributed by atoms with van der Waals surface area (Å²) in [7, 11) is 0. The lowest BCUT2D eigenvalue weighted by molar-refractivity contribution is -0.387. The SMILES string of the molecule is CCOC(=O)C(CC)c1ccc(N)c(SC(C)C)c1.CCOC(=O)C(CC)c1ccc([N+](=O)[O-])c(SC(C)C)c1. The van der Waals surface area contributed by atoms with Crippen LogP contribution in [0.25, 0.3) is 0 Å². The van der Waals surface area contributed by atoms with Gasteiger partial charge in [-0.1, -0.05) is 53.7 Å². The van der Waals surface area contributed by atoms with E-state index in [-0.39, 0.29) is 39.6 Å². The van der Waals surface area contributed by atoms with E-state index in [1.165, 1.54) is 17.8 Å². The van der Waals surface area contributed by atoms with E-state index in [1.807, 2.05) is 52.8 Å². The first-order valence-corrected chi connectivity index (χ1v) is 15.5. The molecule has 0 fully saturated rings. The average molecular weight is 593 g/mol. The number of hydrogen-bond donors (Lipinski definition) is 1. The van der Waals surface area contributed by atoms with Crippen molar-refractivity contribution < 1.29 is 24.0 Å². The normalized spacial score (nSPS) is 12.3. The van der Waals surface area contributed by atoms with Gasteiger partial charge in [0.25, 0.3) is 5.69 Å². The number of benzene rings is 2. The number of nitro benzene ring substituents is 1. The van der Waals surface area contributed by atoms with Crippen LogP contribution in [0.2, 0.25) is 0 Å². The van der Waals surface area contributed by atoms with E-state index < -0.39 is 0 Å². The molecule has 0 aliphatic carbocycles. The molecule has 40 heavy (non-hydrogen) atoms. The summed E-state index contributed by atoms with van der Waals surface area (Å²) in [6.45, 7) is 16.4. The maximum Gasteiger partial charge on any atom is 0.313 e. The van der Waals surface area contributed by atoms with Crippen molar-refractivity contribution >= 4 is 46.8 Å². The summed E-state index contributed by atoms with van der Waals surface area (Å²) in [4.78, 5) is 36.2. The van der Waals surface area contributed by atoms with Gasteiger partial charge in [-0.25, -0.2) is 0 Å². The van der Waals surface area contributed by atoms with Gasteiger partial charge in [-0.05, 0) is 56.0 Å². The summed E-state index contributed by atoms with van der Waals surface area (Å²) >= 11 is 3.14. The molecule has 2 aromatic rings. The van der Waals surface area contributed by atoms with Gasteiger partial charge in [-0.3, -0.25) is 19.7 Å². The topological polar surface area (TPSA) is 122 Å². The number of carbonyl (C=O) groups is 2. The molecule has 0 heterocycles. The zero-order valence-corrected chi connectivity index (χ0v) is 26.5. The summed E-state index contributed by atoms with van der Waals surface area (Å²) < 4.78 is 10.2. The lowest BCUT2D eigenvalue weighted by Gasteiger charge is -2.16. The minimum atomic E-state index is -0.389. The van der Waals surface area contributed by atoms with Crippen LogP contribution in [0.15, 0.2) is 46.2 Å². The number of carbonyl (C=O) groups excluding carboxylic acids is 2. The summed E-state index contributed by atoms with van der Waals surface area (Å²) in [5, 5.41) is 11.8. The molecular formula is C30H44N2O6S2. The molecular weight excluding hydrogens is 548 g/mol. The van der Waals surface area contributed by atoms with Crippen LogP contribution in [0.5, 0.6) is 0 Å². The molecule has 2 rings (SSSR count). The van der Waals surface area contributed by atoms with Gasteiger partial charge in [0.1, 0.15) is 0 Å². The van der Waals surface area contributed by atoms with Crippen molar-refractivity contribution in [3.05, 3.63) is 57.6 Å². The van der Waals surface area contributed by atoms with Crippen LogP contribution >= 0.6 is 23.5 Å². The van der Waals surface area contributed by atoms with Crippen LogP contribution in [-0.2, 0) is 19.1 Å². The fourth-order valence-electron chi connectivity index (χ4n) is 3.93. The molecule has 8 nitrogen and oxygen atoms in total. The van der Waals surface area contributed by atoms with Gasteiger partial charge in [-0.2, -0.15) is 0 Å². The highest BCUT2D eigenvalue weighted by molar-refractivity contribution is 8.00. The summed E-state index contributed by atoms with van der Waals surface area (Å²) in [6, 6.07) is 10.7. The van der Waals surface area contributed by atoms with Crippen LogP contribution in [0.1, 0.15) is 91.2 Å². The number of hydrogen-bond acceptors (Lipinski definition) is 9. The van der Waals surface area contributed by atoms with Crippen molar-refractivity contribution in [3.63, 3.8) is 0 Å². The van der Waals surface area contributed by atoms with Crippen molar-refractivity contribution in [1.29, 1.82) is 0 Å². The number of nitrogens with zero attached hydrogens (tertiary/aromatic N) is 1. The summed E-state index contributed by atoms with van der Waals surface area (Å²) in [5.41, 5.74) is 8.57. The predicted molar refractivity (Wildman–Crippen MR) is 165 cm³/mol. The number of ether oxygens (including phenoxy) is 2. The first-order valence-electron chi connectivity index (χ1n) is 13.7. The Bertz CT molecular complexity index is 1120. The number of nitro groups is 1. The van der Waals surface area contributed by atoms with Crippen LogP contribution in [0, 0.1) is 10.1 Å². The smallest absolute Gasteiger partial charge is 0.313 e. The van der Waals surface area contributed by atoms with Crippen molar-refractivity contribution in [3.8, 4) is 0 Å². The molecule has 0 spiro atoms. The minimum Gasteiger partial charge on any atom is -0.466 e. The lowest BCUT2D eigenvalue weighted by atomic mass is 9.96. The molecule has 2 aromatic carbocycles. The van der Waals surface area contributed by atoms with E-state index in [9.17, 15) is 19.7 Å². The number of nitrogen functional groups attached to an aromatic ring is 1. The maximum absolute atomic E-state index is 12.0. The van der Waals surface area contributed by atoms with Gasteiger partial charge in [0, 0.05) is 27.1 Å². The quantitative estimate of drug-likeness (QED) is 0.0811. The van der Waals surface area contributed by atoms with Crippen LogP contribution in [0.4, 0.5) is 11.4 Å². The lowest BCUT2D eigenvalue weighted by Crippen LogP contribution is -2.15. The molecule has 0 aromatic heterocycles. The second kappa shape index (κ2) is 17.9. The second-order valence-electron chi connectivity index (χ2n) is 9.54. The Labute approximate surface area is 247 Å². The van der Waals surface area contributed by atoms with E-state index >= 15 is 0 Å². The maximum atomic E-state index is 12.0. The van der Waals surface area contributed by atoms with Gasteiger partial charge in [0.15, 0.2) is 0 Å². The predicted octanol–water partition coefficient (Wildman–Crippen LogP) is 7.98. The van der Waals surface area contributed by atoms with Crippen LogP contribution in [0.3, 0.4) is 0 Å². The Balaban J connectivity index is 0.000000402. The first kappa shape index (κ1) is 35.3. The zero-order valence-electron chi connectivity index (χ0n) is 24.9. The molecule has 222 valence electrons. The number of esters is 2. The molecule has 0 aliphatic heterocycles. The third-order valence-corrected chi connectivity index (χ3v) is 7.84. The van der Waals surface area contributed by atoms with Crippen molar-refractivity contribution in [2.75, 3.05) is 18.9 Å². The Hall–Kier alpha value is -2.72. The Morgan fingerprint density at radius 2 is 1.23 bits per heavy atom. The van der Waals surface area contributed by atoms with E-state index in [4.69, 9.17) is 15.2 Å². The Morgan fingerprint density at radius 1 is 0.800 bits per heavy atom. The third-order valence-electron chi connectivity index (χ3n) is 5.71. The molecule has 0 aliphatic rings. The highest BCUT2D eigenvalue weighted by atomic mass is 32.2. The number of rotatable bonds is 13. The molecule has 2 unspecified atom stereocenters. The largest absolute Gasteiger partial charge is 0.466 e. The fourth-order valence-corrected chi connectivity index (χ4v) is 5.82. The molecule has 0 saturated heterocycles. The molecule has 0 amide bonds. The van der Waals surface area contributed by atoms with Crippen LogP contribution < -0.4 is 5.73 Å². The highest BCUT2D eigenvalue weighted by Gasteiger charge is 2.24. The molecule has 2 N–H and O–H groups in total. The average Bonchev–Trinajstić information content (AvgIpc) is 2.87. The number of thioether (sulfide) groups is 2. The monoisotopic (exact) mass is 592 g/mol. The Kier molecular flexibility index (Phi) is 15.8. The number of anilines is 1. The molecule has 0 bridgehead atoms. The van der Waals surface area contributed by atoms with E-state index in [2.05, 4.69) is 13.8 Å². The molecule has 0 saturated carbocycles. The summed E-state index contributed by atoms with van der Waals surface area (Å²) in [6.07, 6.45) is 1.33. The highest BCUT2D eigenvalue weighted by Crippen LogP contribution is 2.36. The molecule has 10 heteroatoms. The van der Waals surface area contributed by atoms with Gasteiger partial charge in [0.05, 0.1) is 34.9 Å². The first-order chi connectivity index (χ1) is 18.9. The number of nitrogens with two attached hydrogens (primary N) is 1. The van der Waals surface area contributed by atoms with Gasteiger partial charge in [-0.15, -0.1) is 23.5 Å². The van der Waals surface area contributed by atoms with E-state index in [0.29, 0.717) is 29.8 Å². The fraction of sp³-hybridized carbons (Fsp3) is 0.533. The molecule has 2 atom stereocenters. The van der Waals surface area contributed by atoms with Gasteiger partial charge >= 0.3 is 11.9 Å². The van der Waals surface area contributed by atoms with Crippen LogP contribution in [-0.4, -0.2) is 40.6 Å². The Morgan fingerprint density at radius 3 is 1.62 bits per heavy atom. The van der Waals surface area contributed by atoms with Crippen molar-refractivity contribution in [2.45, 2.75) is 100 Å². The van der Waals surface area contributed by atoms with Crippen molar-refractivity contribution in [1.82, 2.24) is 0 Å². The van der Waals surface area contributed by atoms with Crippen molar-refractivity contribution in [2.24, 2.45) is 0 Å². The minimum absolute atomic E-state index is 0.0798.